The van der Waals surface area contributed by atoms with Crippen molar-refractivity contribution in [3.05, 3.63) is 44.5 Å². The second-order valence-corrected chi connectivity index (χ2v) is 11.8. The molecule has 3 aromatic rings. The van der Waals surface area contributed by atoms with Crippen LogP contribution in [0, 0.1) is 0 Å². The van der Waals surface area contributed by atoms with Gasteiger partial charge in [0.05, 0.1) is 33.1 Å². The molecule has 15 heteroatoms. The quantitative estimate of drug-likeness (QED) is 0.362. The molecule has 30 heavy (non-hydrogen) atoms. The van der Waals surface area contributed by atoms with E-state index in [9.17, 15) is 25.9 Å². The molecule has 0 spiro atoms. The van der Waals surface area contributed by atoms with E-state index in [1.165, 1.54) is 33.9 Å². The van der Waals surface area contributed by atoms with E-state index in [-0.39, 0.29) is 15.8 Å². The summed E-state index contributed by atoms with van der Waals surface area (Å²) in [6, 6.07) is 4.58. The van der Waals surface area contributed by atoms with E-state index in [1.807, 2.05) is 0 Å². The van der Waals surface area contributed by atoms with Crippen LogP contribution in [-0.2, 0) is 26.1 Å². The molecule has 0 N–H and O–H groups in total. The third-order valence-corrected chi connectivity index (χ3v) is 7.97. The smallest absolute Gasteiger partial charge is 0.392 e. The van der Waals surface area contributed by atoms with Crippen LogP contribution in [0.4, 0.5) is 5.69 Å². The fourth-order valence-corrected chi connectivity index (χ4v) is 6.75. The minimum Gasteiger partial charge on any atom is -0.747 e. The topological polar surface area (TPSA) is 135 Å². The fourth-order valence-electron chi connectivity index (χ4n) is 2.82. The molecule has 1 aromatic carbocycles. The number of thioether (sulfide) groups is 1. The molecule has 0 bridgehead atoms. The Balaban J connectivity index is 1.86. The molecule has 9 nitrogen and oxygen atoms in total. The van der Waals surface area contributed by atoms with E-state index in [0.717, 1.165) is 23.1 Å². The number of benzene rings is 1. The molecule has 3 heterocycles. The number of rotatable bonds is 5. The van der Waals surface area contributed by atoms with Crippen LogP contribution in [-0.4, -0.2) is 31.8 Å². The zero-order valence-corrected chi connectivity index (χ0v) is 19.2. The first-order valence-corrected chi connectivity index (χ1v) is 13.4. The largest absolute Gasteiger partial charge is 0.747 e. The van der Waals surface area contributed by atoms with E-state index in [4.69, 9.17) is 27.6 Å². The highest BCUT2D eigenvalue weighted by atomic mass is 35.5. The summed E-state index contributed by atoms with van der Waals surface area (Å²) in [6.07, 6.45) is 2.83. The lowest BCUT2D eigenvalue weighted by Crippen LogP contribution is -2.39. The standard InChI is InChI=1S/C15H10Cl2N2O7S4/c16-8-3-10-12(4-9(8)17)28-13(18(10)6-29(20,21)22)5-14-19(7-30(23,24)25)15-11(27-14)1-2-26-15/h1-5H,6-7H2,(H-,20,21,22,23,24,25)/p-1. The lowest BCUT2D eigenvalue weighted by atomic mass is 10.3. The summed E-state index contributed by atoms with van der Waals surface area (Å²) in [7, 11) is -9.32. The van der Waals surface area contributed by atoms with Crippen LogP contribution < -0.4 is 9.47 Å². The molecule has 160 valence electrons. The Morgan fingerprint density at radius 3 is 2.50 bits per heavy atom. The van der Waals surface area contributed by atoms with Gasteiger partial charge in [-0.25, -0.2) is 16.8 Å². The number of halogens is 2. The van der Waals surface area contributed by atoms with Crippen molar-refractivity contribution >= 4 is 88.7 Å². The van der Waals surface area contributed by atoms with E-state index in [2.05, 4.69) is 0 Å². The van der Waals surface area contributed by atoms with Gasteiger partial charge in [0.2, 0.25) is 5.88 Å². The number of furan rings is 1. The van der Waals surface area contributed by atoms with Gasteiger partial charge in [-0.15, -0.1) is 4.57 Å². The molecule has 2 aromatic heterocycles. The Labute approximate surface area is 189 Å². The van der Waals surface area contributed by atoms with Crippen molar-refractivity contribution in [2.75, 3.05) is 10.8 Å². The summed E-state index contributed by atoms with van der Waals surface area (Å²) < 4.78 is 75.5. The fraction of sp³-hybridized carbons (Fsp3) is 0.133. The summed E-state index contributed by atoms with van der Waals surface area (Å²) in [5, 5.41) is 1.04. The van der Waals surface area contributed by atoms with Crippen LogP contribution in [0.25, 0.3) is 16.5 Å². The van der Waals surface area contributed by atoms with Crippen LogP contribution in [0.3, 0.4) is 0 Å². The van der Waals surface area contributed by atoms with Gasteiger partial charge in [-0.05, 0) is 12.1 Å². The molecule has 0 amide bonds. The van der Waals surface area contributed by atoms with E-state index in [1.54, 1.807) is 6.07 Å². The van der Waals surface area contributed by atoms with E-state index in [0.29, 0.717) is 25.3 Å². The van der Waals surface area contributed by atoms with Gasteiger partial charge in [0, 0.05) is 11.0 Å². The predicted octanol–water partition coefficient (Wildman–Crippen LogP) is 3.00. The molecule has 0 atom stereocenters. The van der Waals surface area contributed by atoms with Gasteiger partial charge >= 0.3 is 5.71 Å². The lowest BCUT2D eigenvalue weighted by Gasteiger charge is -2.22. The molecule has 4 rings (SSSR count). The molecule has 1 aliphatic rings. The molecule has 1 aliphatic heterocycles. The minimum absolute atomic E-state index is 0.173. The van der Waals surface area contributed by atoms with Crippen LogP contribution >= 0.6 is 46.3 Å². The average molecular weight is 528 g/mol. The van der Waals surface area contributed by atoms with Gasteiger partial charge in [-0.3, -0.25) is 0 Å². The van der Waals surface area contributed by atoms with Crippen LogP contribution in [0.2, 0.25) is 10.0 Å². The average Bonchev–Trinajstić information content (AvgIpc) is 3.24. The molecule has 0 radical (unpaired) electrons. The maximum atomic E-state index is 11.5. The number of aromatic nitrogens is 1. The molecule has 0 fully saturated rings. The second-order valence-electron chi connectivity index (χ2n) is 6.08. The van der Waals surface area contributed by atoms with Crippen LogP contribution in [0.15, 0.2) is 38.8 Å². The maximum absolute atomic E-state index is 11.5. The van der Waals surface area contributed by atoms with Crippen molar-refractivity contribution in [1.29, 1.82) is 0 Å². The summed E-state index contributed by atoms with van der Waals surface area (Å²) >= 11 is 14.3. The van der Waals surface area contributed by atoms with Gasteiger partial charge < -0.3 is 18.4 Å². The highest BCUT2D eigenvalue weighted by Crippen LogP contribution is 2.49. The Morgan fingerprint density at radius 2 is 1.83 bits per heavy atom. The number of hydrogen-bond acceptors (Lipinski definition) is 10. The number of fused-ring (bicyclic) bond motifs is 2. The SMILES string of the molecule is O=S(=O)([O-])CN1C(=Cc2sc3ccoc3[n+]2CS(=O)(=O)[O-])Sc2cc(Cl)c(Cl)cc21. The monoisotopic (exact) mass is 527 g/mol. The summed E-state index contributed by atoms with van der Waals surface area (Å²) in [5.41, 5.74) is 0.546. The van der Waals surface area contributed by atoms with Crippen molar-refractivity contribution in [1.82, 2.24) is 0 Å². The van der Waals surface area contributed by atoms with Gasteiger partial charge in [0.1, 0.15) is 20.7 Å². The Hall–Kier alpha value is -1.32. The zero-order valence-electron chi connectivity index (χ0n) is 14.4. The van der Waals surface area contributed by atoms with Gasteiger partial charge in [-0.1, -0.05) is 46.3 Å². The second kappa shape index (κ2) is 7.67. The van der Waals surface area contributed by atoms with Crippen molar-refractivity contribution in [2.24, 2.45) is 0 Å². The van der Waals surface area contributed by atoms with Gasteiger partial charge in [-0.2, -0.15) is 0 Å². The van der Waals surface area contributed by atoms with Crippen LogP contribution in [0.5, 0.6) is 0 Å². The van der Waals surface area contributed by atoms with Crippen molar-refractivity contribution < 1.29 is 34.9 Å². The van der Waals surface area contributed by atoms with Crippen molar-refractivity contribution in [2.45, 2.75) is 10.8 Å². The van der Waals surface area contributed by atoms with Gasteiger partial charge in [0.15, 0.2) is 10.1 Å². The normalized spacial score (nSPS) is 16.0. The summed E-state index contributed by atoms with van der Waals surface area (Å²) in [6.45, 7) is 0. The summed E-state index contributed by atoms with van der Waals surface area (Å²) in [4.78, 5) is 1.80. The number of anilines is 1. The van der Waals surface area contributed by atoms with E-state index >= 15 is 0 Å². The van der Waals surface area contributed by atoms with Crippen molar-refractivity contribution in [3.63, 3.8) is 0 Å². The first-order chi connectivity index (χ1) is 13.9. The Morgan fingerprint density at radius 1 is 1.13 bits per heavy atom. The highest BCUT2D eigenvalue weighted by Gasteiger charge is 2.31. The molecule has 0 saturated carbocycles. The Bertz CT molecular complexity index is 1410. The first kappa shape index (κ1) is 21.9. The molecular weight excluding hydrogens is 519 g/mol. The third-order valence-electron chi connectivity index (χ3n) is 3.93. The Kier molecular flexibility index (Phi) is 5.60. The van der Waals surface area contributed by atoms with Crippen LogP contribution in [0.1, 0.15) is 5.01 Å². The predicted molar refractivity (Wildman–Crippen MR) is 111 cm³/mol. The molecule has 0 saturated heterocycles. The van der Waals surface area contributed by atoms with Gasteiger partial charge in [0.25, 0.3) is 5.01 Å². The molecular formula is C15H9Cl2N2O7S4-. The number of nitrogens with zero attached hydrogens (tertiary/aromatic N) is 2. The third kappa shape index (κ3) is 4.48. The lowest BCUT2D eigenvalue weighted by molar-refractivity contribution is -0.655. The van der Waals surface area contributed by atoms with Crippen molar-refractivity contribution in [3.8, 4) is 0 Å². The number of hydrogen-bond donors (Lipinski definition) is 0. The first-order valence-electron chi connectivity index (χ1n) is 7.84. The molecule has 0 unspecified atom stereocenters. The zero-order chi connectivity index (χ0) is 21.8. The highest BCUT2D eigenvalue weighted by molar-refractivity contribution is 8.04. The summed E-state index contributed by atoms with van der Waals surface area (Å²) in [5.74, 6) is -1.76. The molecule has 0 aliphatic carbocycles. The van der Waals surface area contributed by atoms with E-state index < -0.39 is 32.0 Å². The number of thiazole rings is 1. The minimum atomic E-state index is -4.67. The maximum Gasteiger partial charge on any atom is 0.392 e.